The molecule has 0 aliphatic heterocycles. The summed E-state index contributed by atoms with van der Waals surface area (Å²) < 4.78 is 0. The molecule has 0 amide bonds. The highest BCUT2D eigenvalue weighted by molar-refractivity contribution is 5.02. The van der Waals surface area contributed by atoms with Gasteiger partial charge in [-0.2, -0.15) is 0 Å². The van der Waals surface area contributed by atoms with Crippen LogP contribution in [-0.4, -0.2) is 0 Å². The maximum absolute atomic E-state index is 2.52. The van der Waals surface area contributed by atoms with E-state index < -0.39 is 0 Å². The second-order valence-corrected chi connectivity index (χ2v) is 5.39. The van der Waals surface area contributed by atoms with Crippen molar-refractivity contribution in [3.63, 3.8) is 0 Å². The minimum absolute atomic E-state index is 1.10. The van der Waals surface area contributed by atoms with E-state index in [-0.39, 0.29) is 0 Å². The lowest BCUT2D eigenvalue weighted by atomic mass is 9.54. The van der Waals surface area contributed by atoms with Crippen molar-refractivity contribution >= 4 is 0 Å². The summed E-state index contributed by atoms with van der Waals surface area (Å²) in [4.78, 5) is 0. The van der Waals surface area contributed by atoms with Gasteiger partial charge in [0, 0.05) is 0 Å². The van der Waals surface area contributed by atoms with Crippen LogP contribution in [0.1, 0.15) is 45.4 Å². The quantitative estimate of drug-likeness (QED) is 0.514. The fourth-order valence-electron chi connectivity index (χ4n) is 4.59. The van der Waals surface area contributed by atoms with Crippen LogP contribution in [0, 0.1) is 29.6 Å². The summed E-state index contributed by atoms with van der Waals surface area (Å²) in [6.07, 6.45) is 9.37. The van der Waals surface area contributed by atoms with Gasteiger partial charge < -0.3 is 0 Å². The SMILES string of the molecule is CC1C2CCCCC3CCC2C31. The van der Waals surface area contributed by atoms with Gasteiger partial charge in [-0.25, -0.2) is 0 Å². The second-order valence-electron chi connectivity index (χ2n) is 5.39. The highest BCUT2D eigenvalue weighted by Crippen LogP contribution is 2.61. The molecule has 2 bridgehead atoms. The number of fused-ring (bicyclic) bond motifs is 2. The Morgan fingerprint density at radius 2 is 1.67 bits per heavy atom. The maximum atomic E-state index is 2.52. The van der Waals surface area contributed by atoms with Crippen LogP contribution in [-0.2, 0) is 0 Å². The van der Waals surface area contributed by atoms with E-state index in [1.165, 1.54) is 24.7 Å². The van der Waals surface area contributed by atoms with E-state index in [1.54, 1.807) is 25.7 Å². The molecule has 5 atom stereocenters. The van der Waals surface area contributed by atoms with Gasteiger partial charge in [0.05, 0.1) is 0 Å². The van der Waals surface area contributed by atoms with Gasteiger partial charge in [-0.15, -0.1) is 0 Å². The van der Waals surface area contributed by atoms with Crippen LogP contribution in [0.15, 0.2) is 0 Å². The Morgan fingerprint density at radius 1 is 0.833 bits per heavy atom. The third-order valence-corrected chi connectivity index (χ3v) is 5.10. The first-order valence-electron chi connectivity index (χ1n) is 5.88. The van der Waals surface area contributed by atoms with Gasteiger partial charge >= 0.3 is 0 Å². The molecule has 0 spiro atoms. The van der Waals surface area contributed by atoms with Crippen molar-refractivity contribution in [2.45, 2.75) is 45.4 Å². The van der Waals surface area contributed by atoms with Crippen LogP contribution in [0.4, 0.5) is 0 Å². The molecule has 3 saturated carbocycles. The highest BCUT2D eigenvalue weighted by atomic mass is 14.6. The monoisotopic (exact) mass is 164 g/mol. The third kappa shape index (κ3) is 0.791. The minimum atomic E-state index is 1.10. The molecule has 0 radical (unpaired) electrons. The van der Waals surface area contributed by atoms with Gasteiger partial charge in [0.1, 0.15) is 0 Å². The van der Waals surface area contributed by atoms with Crippen LogP contribution in [0.25, 0.3) is 0 Å². The average molecular weight is 164 g/mol. The normalized spacial score (nSPS) is 57.2. The van der Waals surface area contributed by atoms with Crippen molar-refractivity contribution in [3.05, 3.63) is 0 Å². The van der Waals surface area contributed by atoms with Crippen molar-refractivity contribution in [2.24, 2.45) is 29.6 Å². The number of hydrogen-bond donors (Lipinski definition) is 0. The van der Waals surface area contributed by atoms with E-state index in [2.05, 4.69) is 6.92 Å². The molecule has 0 aromatic rings. The first-order chi connectivity index (χ1) is 5.88. The Kier molecular flexibility index (Phi) is 1.54. The lowest BCUT2D eigenvalue weighted by molar-refractivity contribution is -0.0278. The molecule has 3 aliphatic rings. The second kappa shape index (κ2) is 2.49. The van der Waals surface area contributed by atoms with Gasteiger partial charge in [0.2, 0.25) is 0 Å². The third-order valence-electron chi connectivity index (χ3n) is 5.10. The molecule has 5 unspecified atom stereocenters. The van der Waals surface area contributed by atoms with E-state index in [4.69, 9.17) is 0 Å². The van der Waals surface area contributed by atoms with Crippen molar-refractivity contribution in [1.29, 1.82) is 0 Å². The molecule has 3 fully saturated rings. The van der Waals surface area contributed by atoms with Crippen molar-refractivity contribution < 1.29 is 0 Å². The zero-order valence-electron chi connectivity index (χ0n) is 8.13. The fraction of sp³-hybridized carbons (Fsp3) is 1.00. The van der Waals surface area contributed by atoms with Crippen LogP contribution in [0.5, 0.6) is 0 Å². The smallest absolute Gasteiger partial charge is 0.0326 e. The zero-order valence-corrected chi connectivity index (χ0v) is 8.13. The molecule has 0 heteroatoms. The average Bonchev–Trinajstić information content (AvgIpc) is 2.40. The number of rotatable bonds is 0. The maximum Gasteiger partial charge on any atom is -0.0326 e. The molecule has 0 nitrogen and oxygen atoms in total. The van der Waals surface area contributed by atoms with Crippen LogP contribution in [0.3, 0.4) is 0 Å². The molecule has 0 saturated heterocycles. The molecule has 0 aromatic carbocycles. The Bertz CT molecular complexity index is 178. The Hall–Kier alpha value is 0. The molecule has 0 aromatic heterocycles. The molecule has 68 valence electrons. The van der Waals surface area contributed by atoms with E-state index >= 15 is 0 Å². The molecule has 0 heterocycles. The lowest BCUT2D eigenvalue weighted by Gasteiger charge is -2.51. The van der Waals surface area contributed by atoms with Crippen molar-refractivity contribution in [1.82, 2.24) is 0 Å². The van der Waals surface area contributed by atoms with Crippen molar-refractivity contribution in [2.75, 3.05) is 0 Å². The molecule has 12 heavy (non-hydrogen) atoms. The Labute approximate surface area is 75.7 Å². The lowest BCUT2D eigenvalue weighted by Crippen LogP contribution is -2.45. The summed E-state index contributed by atoms with van der Waals surface area (Å²) in [6, 6.07) is 0. The molecular weight excluding hydrogens is 144 g/mol. The first kappa shape index (κ1) is 7.41. The van der Waals surface area contributed by atoms with Gasteiger partial charge in [-0.3, -0.25) is 0 Å². The molecular formula is C12H20. The Balaban J connectivity index is 1.85. The van der Waals surface area contributed by atoms with Crippen LogP contribution < -0.4 is 0 Å². The summed E-state index contributed by atoms with van der Waals surface area (Å²) in [7, 11) is 0. The van der Waals surface area contributed by atoms with E-state index in [0.29, 0.717) is 0 Å². The predicted molar refractivity (Wildman–Crippen MR) is 50.8 cm³/mol. The number of hydrogen-bond acceptors (Lipinski definition) is 0. The predicted octanol–water partition coefficient (Wildman–Crippen LogP) is 3.47. The standard InChI is InChI=1S/C12H20/c1-8-10-5-3-2-4-9-6-7-11(10)12(8)9/h8-12H,2-7H2,1H3. The first-order valence-corrected chi connectivity index (χ1v) is 5.88. The fourth-order valence-corrected chi connectivity index (χ4v) is 4.59. The van der Waals surface area contributed by atoms with Crippen LogP contribution >= 0.6 is 0 Å². The van der Waals surface area contributed by atoms with Gasteiger partial charge in [-0.1, -0.05) is 26.2 Å². The summed E-state index contributed by atoms with van der Waals surface area (Å²) in [6.45, 7) is 2.52. The summed E-state index contributed by atoms with van der Waals surface area (Å²) in [5.41, 5.74) is 0. The molecule has 3 rings (SSSR count). The summed E-state index contributed by atoms with van der Waals surface area (Å²) >= 11 is 0. The van der Waals surface area contributed by atoms with Gasteiger partial charge in [0.15, 0.2) is 0 Å². The summed E-state index contributed by atoms with van der Waals surface area (Å²) in [5.74, 6) is 5.77. The molecule has 0 N–H and O–H groups in total. The topological polar surface area (TPSA) is 0 Å². The van der Waals surface area contributed by atoms with Gasteiger partial charge in [-0.05, 0) is 48.9 Å². The van der Waals surface area contributed by atoms with E-state index in [0.717, 1.165) is 17.8 Å². The largest absolute Gasteiger partial charge is 0.0619 e. The Morgan fingerprint density at radius 3 is 2.58 bits per heavy atom. The zero-order chi connectivity index (χ0) is 8.13. The highest BCUT2D eigenvalue weighted by Gasteiger charge is 2.53. The van der Waals surface area contributed by atoms with E-state index in [9.17, 15) is 0 Å². The van der Waals surface area contributed by atoms with Gasteiger partial charge in [0.25, 0.3) is 0 Å². The van der Waals surface area contributed by atoms with E-state index in [1.807, 2.05) is 0 Å². The minimum Gasteiger partial charge on any atom is -0.0619 e. The summed E-state index contributed by atoms with van der Waals surface area (Å²) in [5, 5.41) is 0. The van der Waals surface area contributed by atoms with Crippen LogP contribution in [0.2, 0.25) is 0 Å². The molecule has 3 aliphatic carbocycles. The van der Waals surface area contributed by atoms with Crippen molar-refractivity contribution in [3.8, 4) is 0 Å².